The van der Waals surface area contributed by atoms with E-state index in [9.17, 15) is 12.8 Å². The number of anilines is 1. The minimum Gasteiger partial charge on any atom is -0.398 e. The standard InChI is InChI=1S/C15H23FN2O2S/c1-10-4-3-5-12(7-6-10)18-21(19,20)13-8-14(16)11(2)15(17)9-13/h8-10,12,18H,3-7,17H2,1-2H3. The minimum absolute atomic E-state index is 0.0782. The van der Waals surface area contributed by atoms with Gasteiger partial charge in [0.05, 0.1) is 4.90 Å². The van der Waals surface area contributed by atoms with Gasteiger partial charge in [-0.3, -0.25) is 0 Å². The second-order valence-electron chi connectivity index (χ2n) is 6.05. The highest BCUT2D eigenvalue weighted by Gasteiger charge is 2.24. The highest BCUT2D eigenvalue weighted by Crippen LogP contribution is 2.25. The molecule has 0 bridgehead atoms. The van der Waals surface area contributed by atoms with Gasteiger partial charge in [-0.2, -0.15) is 0 Å². The summed E-state index contributed by atoms with van der Waals surface area (Å²) >= 11 is 0. The van der Waals surface area contributed by atoms with Crippen molar-refractivity contribution < 1.29 is 12.8 Å². The zero-order chi connectivity index (χ0) is 15.6. The van der Waals surface area contributed by atoms with Gasteiger partial charge in [-0.1, -0.05) is 19.8 Å². The number of benzene rings is 1. The molecule has 0 aliphatic heterocycles. The first-order chi connectivity index (χ1) is 9.79. The highest BCUT2D eigenvalue weighted by atomic mass is 32.2. The van der Waals surface area contributed by atoms with Crippen molar-refractivity contribution in [3.8, 4) is 0 Å². The molecule has 6 heteroatoms. The van der Waals surface area contributed by atoms with Crippen LogP contribution in [0.25, 0.3) is 0 Å². The molecular formula is C15H23FN2O2S. The van der Waals surface area contributed by atoms with Gasteiger partial charge in [0.2, 0.25) is 10.0 Å². The van der Waals surface area contributed by atoms with Crippen molar-refractivity contribution in [3.63, 3.8) is 0 Å². The number of sulfonamides is 1. The van der Waals surface area contributed by atoms with Gasteiger partial charge in [-0.25, -0.2) is 17.5 Å². The molecule has 2 unspecified atom stereocenters. The van der Waals surface area contributed by atoms with Crippen LogP contribution in [0.5, 0.6) is 0 Å². The van der Waals surface area contributed by atoms with E-state index in [1.54, 1.807) is 0 Å². The quantitative estimate of drug-likeness (QED) is 0.665. The van der Waals surface area contributed by atoms with Crippen LogP contribution in [0, 0.1) is 18.7 Å². The molecule has 2 atom stereocenters. The Hall–Kier alpha value is -1.14. The van der Waals surface area contributed by atoms with Gasteiger partial charge in [0.1, 0.15) is 5.82 Å². The van der Waals surface area contributed by atoms with E-state index in [0.717, 1.165) is 38.2 Å². The molecule has 1 aromatic rings. The van der Waals surface area contributed by atoms with Gasteiger partial charge in [0.15, 0.2) is 0 Å². The molecule has 21 heavy (non-hydrogen) atoms. The maximum atomic E-state index is 13.7. The molecule has 0 saturated heterocycles. The smallest absolute Gasteiger partial charge is 0.240 e. The second kappa shape index (κ2) is 6.32. The molecule has 1 saturated carbocycles. The fourth-order valence-corrected chi connectivity index (χ4v) is 4.07. The summed E-state index contributed by atoms with van der Waals surface area (Å²) in [6, 6.07) is 2.28. The molecule has 0 heterocycles. The van der Waals surface area contributed by atoms with Crippen molar-refractivity contribution in [1.29, 1.82) is 0 Å². The molecule has 3 N–H and O–H groups in total. The van der Waals surface area contributed by atoms with E-state index in [2.05, 4.69) is 11.6 Å². The summed E-state index contributed by atoms with van der Waals surface area (Å²) in [6.45, 7) is 3.72. The Labute approximate surface area is 126 Å². The first-order valence-electron chi connectivity index (χ1n) is 7.37. The maximum Gasteiger partial charge on any atom is 0.240 e. The molecule has 118 valence electrons. The van der Waals surface area contributed by atoms with Gasteiger partial charge in [-0.15, -0.1) is 0 Å². The first kappa shape index (κ1) is 16.2. The average Bonchev–Trinajstić information content (AvgIpc) is 2.60. The van der Waals surface area contributed by atoms with E-state index in [1.165, 1.54) is 13.0 Å². The van der Waals surface area contributed by atoms with E-state index in [4.69, 9.17) is 5.73 Å². The molecule has 4 nitrogen and oxygen atoms in total. The zero-order valence-corrected chi connectivity index (χ0v) is 13.3. The van der Waals surface area contributed by atoms with Gasteiger partial charge < -0.3 is 5.73 Å². The normalized spacial score (nSPS) is 23.8. The second-order valence-corrected chi connectivity index (χ2v) is 7.76. The van der Waals surface area contributed by atoms with Crippen molar-refractivity contribution in [2.24, 2.45) is 5.92 Å². The first-order valence-corrected chi connectivity index (χ1v) is 8.86. The van der Waals surface area contributed by atoms with Crippen molar-refractivity contribution in [3.05, 3.63) is 23.5 Å². The fourth-order valence-electron chi connectivity index (χ4n) is 2.72. The minimum atomic E-state index is -3.73. The lowest BCUT2D eigenvalue weighted by atomic mass is 10.0. The molecule has 1 aromatic carbocycles. The average molecular weight is 314 g/mol. The van der Waals surface area contributed by atoms with Crippen LogP contribution in [0.4, 0.5) is 10.1 Å². The van der Waals surface area contributed by atoms with Crippen molar-refractivity contribution in [1.82, 2.24) is 4.72 Å². The van der Waals surface area contributed by atoms with Crippen LogP contribution in [0.15, 0.2) is 17.0 Å². The van der Waals surface area contributed by atoms with Crippen molar-refractivity contribution >= 4 is 15.7 Å². The van der Waals surface area contributed by atoms with Crippen molar-refractivity contribution in [2.75, 3.05) is 5.73 Å². The summed E-state index contributed by atoms with van der Waals surface area (Å²) < 4.78 is 41.1. The van der Waals surface area contributed by atoms with Crippen LogP contribution in [0.2, 0.25) is 0 Å². The summed E-state index contributed by atoms with van der Waals surface area (Å²) in [4.78, 5) is -0.0969. The van der Waals surface area contributed by atoms with E-state index < -0.39 is 15.8 Å². The van der Waals surface area contributed by atoms with E-state index in [1.807, 2.05) is 0 Å². The fraction of sp³-hybridized carbons (Fsp3) is 0.600. The number of hydrogen-bond acceptors (Lipinski definition) is 3. The number of nitrogens with one attached hydrogen (secondary N) is 1. The Morgan fingerprint density at radius 3 is 2.62 bits per heavy atom. The Balaban J connectivity index is 2.18. The Morgan fingerprint density at radius 2 is 1.95 bits per heavy atom. The van der Waals surface area contributed by atoms with Gasteiger partial charge in [0, 0.05) is 17.3 Å². The van der Waals surface area contributed by atoms with Crippen molar-refractivity contribution in [2.45, 2.75) is 56.9 Å². The lowest BCUT2D eigenvalue weighted by molar-refractivity contribution is 0.484. The Morgan fingerprint density at radius 1 is 1.24 bits per heavy atom. The van der Waals surface area contributed by atoms with Crippen LogP contribution in [0.3, 0.4) is 0 Å². The predicted octanol–water partition coefficient (Wildman–Crippen LogP) is 2.96. The molecule has 1 fully saturated rings. The molecule has 0 radical (unpaired) electrons. The van der Waals surface area contributed by atoms with Gasteiger partial charge in [-0.05, 0) is 44.2 Å². The summed E-state index contributed by atoms with van der Waals surface area (Å²) in [5.41, 5.74) is 6.09. The SMILES string of the molecule is Cc1c(N)cc(S(=O)(=O)NC2CCCC(C)CC2)cc1F. The highest BCUT2D eigenvalue weighted by molar-refractivity contribution is 7.89. The molecule has 0 aromatic heterocycles. The van der Waals surface area contributed by atoms with Gasteiger partial charge in [0.25, 0.3) is 0 Å². The summed E-state index contributed by atoms with van der Waals surface area (Å²) in [7, 11) is -3.73. The Bertz CT molecular complexity index is 593. The molecule has 0 spiro atoms. The number of halogens is 1. The molecular weight excluding hydrogens is 291 g/mol. The molecule has 2 rings (SSSR count). The lowest BCUT2D eigenvalue weighted by Gasteiger charge is -2.17. The summed E-state index contributed by atoms with van der Waals surface area (Å²) in [5.74, 6) is 0.0387. The van der Waals surface area contributed by atoms with Gasteiger partial charge >= 0.3 is 0 Å². The van der Waals surface area contributed by atoms with Crippen LogP contribution in [-0.2, 0) is 10.0 Å². The van der Waals surface area contributed by atoms with Crippen LogP contribution in [-0.4, -0.2) is 14.5 Å². The third-order valence-electron chi connectivity index (χ3n) is 4.25. The third kappa shape index (κ3) is 3.95. The molecule has 1 aliphatic rings. The number of nitrogens with two attached hydrogens (primary N) is 1. The van der Waals surface area contributed by atoms with Crippen LogP contribution < -0.4 is 10.5 Å². The summed E-state index contributed by atoms with van der Waals surface area (Å²) in [6.07, 6.45) is 4.80. The molecule has 1 aliphatic carbocycles. The third-order valence-corrected chi connectivity index (χ3v) is 5.75. The number of hydrogen-bond donors (Lipinski definition) is 2. The van der Waals surface area contributed by atoms with E-state index in [-0.39, 0.29) is 22.2 Å². The van der Waals surface area contributed by atoms with Crippen LogP contribution in [0.1, 0.15) is 44.6 Å². The number of nitrogen functional groups attached to an aromatic ring is 1. The van der Waals surface area contributed by atoms with E-state index in [0.29, 0.717) is 5.92 Å². The zero-order valence-electron chi connectivity index (χ0n) is 12.5. The molecule has 0 amide bonds. The Kier molecular flexibility index (Phi) is 4.88. The maximum absolute atomic E-state index is 13.7. The summed E-state index contributed by atoms with van der Waals surface area (Å²) in [5, 5.41) is 0. The van der Waals surface area contributed by atoms with E-state index >= 15 is 0 Å². The topological polar surface area (TPSA) is 72.2 Å². The van der Waals surface area contributed by atoms with Crippen LogP contribution >= 0.6 is 0 Å². The monoisotopic (exact) mass is 314 g/mol. The predicted molar refractivity (Wildman–Crippen MR) is 81.9 cm³/mol. The lowest BCUT2D eigenvalue weighted by Crippen LogP contribution is -2.34. The number of rotatable bonds is 3. The largest absolute Gasteiger partial charge is 0.398 e.